The van der Waals surface area contributed by atoms with Crippen LogP contribution in [0.3, 0.4) is 0 Å². The van der Waals surface area contributed by atoms with Gasteiger partial charge in [-0.3, -0.25) is 9.78 Å². The van der Waals surface area contributed by atoms with Gasteiger partial charge in [0.2, 0.25) is 0 Å². The number of aromatic nitrogens is 4. The van der Waals surface area contributed by atoms with E-state index in [1.165, 1.54) is 16.9 Å². The molecule has 0 saturated heterocycles. The van der Waals surface area contributed by atoms with Crippen molar-refractivity contribution >= 4 is 5.91 Å². The lowest BCUT2D eigenvalue weighted by atomic mass is 10.1. The third-order valence-corrected chi connectivity index (χ3v) is 4.05. The second kappa shape index (κ2) is 7.21. The van der Waals surface area contributed by atoms with Crippen molar-refractivity contribution in [3.63, 3.8) is 0 Å². The monoisotopic (exact) mass is 339 g/mol. The molecule has 0 fully saturated rings. The Morgan fingerprint density at radius 2 is 1.88 bits per heavy atom. The molecule has 0 bridgehead atoms. The lowest BCUT2D eigenvalue weighted by Crippen LogP contribution is -2.27. The zero-order chi connectivity index (χ0) is 17.8. The van der Waals surface area contributed by atoms with Gasteiger partial charge in [-0.15, -0.1) is 5.10 Å². The zero-order valence-electron chi connectivity index (χ0n) is 13.9. The summed E-state index contributed by atoms with van der Waals surface area (Å²) in [5.74, 6) is -0.654. The first-order valence-electron chi connectivity index (χ1n) is 7.93. The number of amides is 1. The number of nitrogens with one attached hydrogen (secondary N) is 1. The number of hydrogen-bond donors (Lipinski definition) is 1. The predicted octanol–water partition coefficient (Wildman–Crippen LogP) is 2.91. The Morgan fingerprint density at radius 1 is 1.16 bits per heavy atom. The van der Waals surface area contributed by atoms with E-state index in [1.807, 2.05) is 19.1 Å². The molecule has 7 heteroatoms. The van der Waals surface area contributed by atoms with Gasteiger partial charge in [-0.2, -0.15) is 0 Å². The topological polar surface area (TPSA) is 72.7 Å². The predicted molar refractivity (Wildman–Crippen MR) is 90.4 cm³/mol. The number of halogens is 1. The molecule has 1 N–H and O–H groups in total. The highest BCUT2D eigenvalue weighted by atomic mass is 19.1. The van der Waals surface area contributed by atoms with Gasteiger partial charge in [-0.25, -0.2) is 9.07 Å². The van der Waals surface area contributed by atoms with E-state index in [4.69, 9.17) is 0 Å². The van der Waals surface area contributed by atoms with E-state index in [-0.39, 0.29) is 29.5 Å². The molecule has 25 heavy (non-hydrogen) atoms. The van der Waals surface area contributed by atoms with E-state index in [9.17, 15) is 9.18 Å². The average Bonchev–Trinajstić information content (AvgIpc) is 3.12. The Morgan fingerprint density at radius 3 is 2.60 bits per heavy atom. The number of rotatable bonds is 5. The third-order valence-electron chi connectivity index (χ3n) is 4.05. The maximum absolute atomic E-state index is 13.9. The average molecular weight is 339 g/mol. The van der Waals surface area contributed by atoms with Crippen molar-refractivity contribution in [2.75, 3.05) is 0 Å². The molecule has 0 aliphatic rings. The molecule has 3 rings (SSSR count). The molecule has 2 atom stereocenters. The van der Waals surface area contributed by atoms with Crippen molar-refractivity contribution < 1.29 is 9.18 Å². The van der Waals surface area contributed by atoms with Crippen LogP contribution in [0.1, 0.15) is 47.5 Å². The van der Waals surface area contributed by atoms with Crippen LogP contribution in [0.4, 0.5) is 4.39 Å². The van der Waals surface area contributed by atoms with Gasteiger partial charge in [0.1, 0.15) is 5.82 Å². The summed E-state index contributed by atoms with van der Waals surface area (Å²) < 4.78 is 15.4. The molecule has 0 aliphatic carbocycles. The third kappa shape index (κ3) is 3.71. The molecule has 1 amide bonds. The minimum Gasteiger partial charge on any atom is -0.344 e. The number of carbonyl (C=O) groups excluding carboxylic acids is 1. The lowest BCUT2D eigenvalue weighted by molar-refractivity contribution is 0.0934. The standard InChI is InChI=1S/C18H18FN5O/c1-12(14-7-9-20-10-8-14)21-18(25)17-11-24(23-22-17)13(2)15-5-3-4-6-16(15)19/h3-13H,1-2H3,(H,21,25)/t12-,13-/m1/s1. The fourth-order valence-corrected chi connectivity index (χ4v) is 2.53. The molecular weight excluding hydrogens is 321 g/mol. The van der Waals surface area contributed by atoms with Crippen molar-refractivity contribution in [3.05, 3.63) is 77.6 Å². The van der Waals surface area contributed by atoms with E-state index in [0.29, 0.717) is 5.56 Å². The quantitative estimate of drug-likeness (QED) is 0.776. The maximum Gasteiger partial charge on any atom is 0.273 e. The highest BCUT2D eigenvalue weighted by Crippen LogP contribution is 2.20. The Bertz CT molecular complexity index is 865. The maximum atomic E-state index is 13.9. The Hall–Kier alpha value is -3.09. The Labute approximate surface area is 144 Å². The minimum absolute atomic E-state index is 0.184. The number of pyridine rings is 1. The molecule has 0 saturated carbocycles. The van der Waals surface area contributed by atoms with Crippen LogP contribution in [0, 0.1) is 5.82 Å². The smallest absolute Gasteiger partial charge is 0.273 e. The molecule has 2 aromatic heterocycles. The van der Waals surface area contributed by atoms with Gasteiger partial charge < -0.3 is 5.32 Å². The Balaban J connectivity index is 1.73. The first-order valence-corrected chi connectivity index (χ1v) is 7.93. The van der Waals surface area contributed by atoms with Gasteiger partial charge in [-0.05, 0) is 37.6 Å². The van der Waals surface area contributed by atoms with Gasteiger partial charge in [0.25, 0.3) is 5.91 Å². The molecule has 2 heterocycles. The Kier molecular flexibility index (Phi) is 4.83. The van der Waals surface area contributed by atoms with Crippen LogP contribution in [0.15, 0.2) is 55.0 Å². The van der Waals surface area contributed by atoms with Gasteiger partial charge in [0.15, 0.2) is 5.69 Å². The second-order valence-electron chi connectivity index (χ2n) is 5.76. The fraction of sp³-hybridized carbons (Fsp3) is 0.222. The number of hydrogen-bond acceptors (Lipinski definition) is 4. The second-order valence-corrected chi connectivity index (χ2v) is 5.76. The van der Waals surface area contributed by atoms with E-state index >= 15 is 0 Å². The van der Waals surface area contributed by atoms with Crippen molar-refractivity contribution in [2.24, 2.45) is 0 Å². The normalized spacial score (nSPS) is 13.2. The fourth-order valence-electron chi connectivity index (χ4n) is 2.53. The summed E-state index contributed by atoms with van der Waals surface area (Å²) in [6.07, 6.45) is 4.86. The summed E-state index contributed by atoms with van der Waals surface area (Å²) in [6.45, 7) is 3.67. The molecule has 3 aromatic rings. The summed E-state index contributed by atoms with van der Waals surface area (Å²) in [7, 11) is 0. The van der Waals surface area contributed by atoms with Crippen LogP contribution < -0.4 is 5.32 Å². The molecule has 0 aliphatic heterocycles. The molecular formula is C18H18FN5O. The van der Waals surface area contributed by atoms with Crippen LogP contribution in [0.2, 0.25) is 0 Å². The van der Waals surface area contributed by atoms with Crippen molar-refractivity contribution in [1.29, 1.82) is 0 Å². The lowest BCUT2D eigenvalue weighted by Gasteiger charge is -2.13. The number of carbonyl (C=O) groups is 1. The van der Waals surface area contributed by atoms with E-state index in [0.717, 1.165) is 5.56 Å². The van der Waals surface area contributed by atoms with Gasteiger partial charge >= 0.3 is 0 Å². The SMILES string of the molecule is C[C@H](c1ccccc1F)n1cc(C(=O)N[C@H](C)c2ccncc2)nn1. The van der Waals surface area contributed by atoms with Crippen LogP contribution in [-0.2, 0) is 0 Å². The molecule has 0 unspecified atom stereocenters. The molecule has 6 nitrogen and oxygen atoms in total. The highest BCUT2D eigenvalue weighted by molar-refractivity contribution is 5.92. The van der Waals surface area contributed by atoms with Crippen LogP contribution in [-0.4, -0.2) is 25.9 Å². The summed E-state index contributed by atoms with van der Waals surface area (Å²) in [6, 6.07) is 9.59. The number of benzene rings is 1. The van der Waals surface area contributed by atoms with Crippen LogP contribution in [0.25, 0.3) is 0 Å². The van der Waals surface area contributed by atoms with Crippen LogP contribution >= 0.6 is 0 Å². The van der Waals surface area contributed by atoms with Crippen molar-refractivity contribution in [3.8, 4) is 0 Å². The molecule has 0 spiro atoms. The molecule has 1 aromatic carbocycles. The van der Waals surface area contributed by atoms with Gasteiger partial charge in [-0.1, -0.05) is 23.4 Å². The summed E-state index contributed by atoms with van der Waals surface area (Å²) in [4.78, 5) is 16.3. The first-order chi connectivity index (χ1) is 12.1. The minimum atomic E-state index is -0.368. The molecule has 0 radical (unpaired) electrons. The summed E-state index contributed by atoms with van der Waals surface area (Å²) in [5, 5.41) is 10.7. The van der Waals surface area contributed by atoms with E-state index in [1.54, 1.807) is 37.5 Å². The van der Waals surface area contributed by atoms with E-state index in [2.05, 4.69) is 20.6 Å². The van der Waals surface area contributed by atoms with Gasteiger partial charge in [0.05, 0.1) is 18.3 Å². The van der Waals surface area contributed by atoms with Crippen LogP contribution in [0.5, 0.6) is 0 Å². The largest absolute Gasteiger partial charge is 0.344 e. The number of nitrogens with zero attached hydrogens (tertiary/aromatic N) is 4. The first kappa shape index (κ1) is 16.8. The zero-order valence-corrected chi connectivity index (χ0v) is 13.9. The van der Waals surface area contributed by atoms with E-state index < -0.39 is 0 Å². The van der Waals surface area contributed by atoms with Crippen molar-refractivity contribution in [2.45, 2.75) is 25.9 Å². The van der Waals surface area contributed by atoms with Crippen molar-refractivity contribution in [1.82, 2.24) is 25.3 Å². The summed E-state index contributed by atoms with van der Waals surface area (Å²) >= 11 is 0. The molecule has 128 valence electrons. The summed E-state index contributed by atoms with van der Waals surface area (Å²) in [5.41, 5.74) is 1.61. The highest BCUT2D eigenvalue weighted by Gasteiger charge is 2.18. The van der Waals surface area contributed by atoms with Gasteiger partial charge in [0, 0.05) is 18.0 Å².